The third kappa shape index (κ3) is 2.05. The molecule has 2 bridgehead atoms. The third-order valence-corrected chi connectivity index (χ3v) is 6.99. The fraction of sp³-hybridized carbons (Fsp3) is 0.895. The van der Waals surface area contributed by atoms with E-state index in [0.29, 0.717) is 17.8 Å². The highest BCUT2D eigenvalue weighted by atomic mass is 16.6. The van der Waals surface area contributed by atoms with E-state index in [4.69, 9.17) is 4.74 Å². The SMILES string of the molecule is CC(C)[C@@H]1C[C@@]23O[C@@]1(O)C=C(CN1CCCC1)C2CC[C@@H]3C. The van der Waals surface area contributed by atoms with Crippen LogP contribution < -0.4 is 0 Å². The average Bonchev–Trinajstić information content (AvgIpc) is 3.11. The molecule has 124 valence electrons. The summed E-state index contributed by atoms with van der Waals surface area (Å²) in [5, 5.41) is 11.2. The number of likely N-dealkylation sites (tertiary alicyclic amines) is 1. The van der Waals surface area contributed by atoms with Gasteiger partial charge in [-0.05, 0) is 68.7 Å². The van der Waals surface area contributed by atoms with Crippen molar-refractivity contribution in [2.75, 3.05) is 19.6 Å². The molecule has 5 atom stereocenters. The molecule has 4 aliphatic rings. The lowest BCUT2D eigenvalue weighted by Crippen LogP contribution is -2.48. The Balaban J connectivity index is 1.69. The summed E-state index contributed by atoms with van der Waals surface area (Å²) in [4.78, 5) is 2.57. The zero-order valence-corrected chi connectivity index (χ0v) is 14.3. The molecule has 0 aromatic rings. The molecular formula is C19H31NO2. The van der Waals surface area contributed by atoms with Gasteiger partial charge in [0.25, 0.3) is 0 Å². The van der Waals surface area contributed by atoms with Crippen molar-refractivity contribution < 1.29 is 9.84 Å². The smallest absolute Gasteiger partial charge is 0.189 e. The maximum Gasteiger partial charge on any atom is 0.189 e. The standard InChI is InChI=1S/C19H31NO2/c1-13(2)17-11-18-14(3)6-7-16(18)15(10-19(17,21)22-18)12-20-8-4-5-9-20/h10,13-14,16-17,21H,4-9,11-12H2,1-3H3/t14-,16?,17-,18-,19-/m0/s1. The largest absolute Gasteiger partial charge is 0.362 e. The van der Waals surface area contributed by atoms with Gasteiger partial charge in [-0.2, -0.15) is 0 Å². The molecule has 1 saturated carbocycles. The van der Waals surface area contributed by atoms with Gasteiger partial charge in [-0.25, -0.2) is 0 Å². The number of hydrogen-bond donors (Lipinski definition) is 1. The van der Waals surface area contributed by atoms with Crippen LogP contribution in [-0.4, -0.2) is 41.0 Å². The monoisotopic (exact) mass is 305 g/mol. The number of nitrogens with zero attached hydrogens (tertiary/aromatic N) is 1. The zero-order valence-electron chi connectivity index (χ0n) is 14.3. The number of fused-ring (bicyclic) bond motifs is 1. The van der Waals surface area contributed by atoms with E-state index >= 15 is 0 Å². The van der Waals surface area contributed by atoms with Crippen molar-refractivity contribution in [1.82, 2.24) is 4.90 Å². The second-order valence-corrected chi connectivity index (χ2v) is 8.60. The first-order chi connectivity index (χ1) is 10.4. The molecule has 4 rings (SSSR count). The van der Waals surface area contributed by atoms with Crippen molar-refractivity contribution in [3.05, 3.63) is 11.6 Å². The van der Waals surface area contributed by atoms with Crippen LogP contribution in [0, 0.1) is 23.7 Å². The van der Waals surface area contributed by atoms with Crippen molar-refractivity contribution in [3.8, 4) is 0 Å². The van der Waals surface area contributed by atoms with E-state index in [9.17, 15) is 5.11 Å². The van der Waals surface area contributed by atoms with Crippen LogP contribution in [0.25, 0.3) is 0 Å². The van der Waals surface area contributed by atoms with Crippen LogP contribution >= 0.6 is 0 Å². The molecule has 3 aliphatic heterocycles. The fourth-order valence-electron chi connectivity index (χ4n) is 5.75. The van der Waals surface area contributed by atoms with Gasteiger partial charge in [-0.15, -0.1) is 0 Å². The Labute approximate surface area is 134 Å². The maximum atomic E-state index is 11.2. The van der Waals surface area contributed by atoms with E-state index in [2.05, 4.69) is 31.7 Å². The molecule has 3 nitrogen and oxygen atoms in total. The Morgan fingerprint density at radius 3 is 2.73 bits per heavy atom. The first-order valence-electron chi connectivity index (χ1n) is 9.31. The molecule has 1 N–H and O–H groups in total. The Bertz CT molecular complexity index is 482. The zero-order chi connectivity index (χ0) is 15.5. The van der Waals surface area contributed by atoms with Crippen molar-refractivity contribution in [3.63, 3.8) is 0 Å². The molecule has 0 aromatic heterocycles. The van der Waals surface area contributed by atoms with Gasteiger partial charge >= 0.3 is 0 Å². The quantitative estimate of drug-likeness (QED) is 0.813. The number of aliphatic hydroxyl groups is 1. The molecule has 0 amide bonds. The second-order valence-electron chi connectivity index (χ2n) is 8.60. The molecule has 1 unspecified atom stereocenters. The van der Waals surface area contributed by atoms with Gasteiger partial charge in [-0.1, -0.05) is 20.8 Å². The summed E-state index contributed by atoms with van der Waals surface area (Å²) in [5.74, 6) is 0.784. The Morgan fingerprint density at radius 1 is 1.32 bits per heavy atom. The lowest BCUT2D eigenvalue weighted by Gasteiger charge is -2.42. The summed E-state index contributed by atoms with van der Waals surface area (Å²) in [5.41, 5.74) is 1.39. The van der Waals surface area contributed by atoms with E-state index < -0.39 is 5.79 Å². The highest BCUT2D eigenvalue weighted by Gasteiger charge is 2.65. The number of hydrogen-bond acceptors (Lipinski definition) is 3. The number of ether oxygens (including phenoxy) is 1. The minimum atomic E-state index is -1.02. The molecule has 3 fully saturated rings. The minimum Gasteiger partial charge on any atom is -0.362 e. The summed E-state index contributed by atoms with van der Waals surface area (Å²) in [6.07, 6.45) is 8.30. The van der Waals surface area contributed by atoms with E-state index in [1.54, 1.807) is 0 Å². The topological polar surface area (TPSA) is 32.7 Å². The van der Waals surface area contributed by atoms with Crippen LogP contribution in [-0.2, 0) is 4.74 Å². The van der Waals surface area contributed by atoms with Crippen LogP contribution in [0.2, 0.25) is 0 Å². The molecular weight excluding hydrogens is 274 g/mol. The predicted molar refractivity (Wildman–Crippen MR) is 87.4 cm³/mol. The Kier molecular flexibility index (Phi) is 3.49. The summed E-state index contributed by atoms with van der Waals surface area (Å²) < 4.78 is 6.44. The Hall–Kier alpha value is -0.380. The van der Waals surface area contributed by atoms with Gasteiger partial charge in [0, 0.05) is 18.4 Å². The molecule has 0 aromatic carbocycles. The fourth-order valence-corrected chi connectivity index (χ4v) is 5.75. The van der Waals surface area contributed by atoms with Crippen molar-refractivity contribution >= 4 is 0 Å². The molecule has 1 spiro atoms. The minimum absolute atomic E-state index is 0.0898. The summed E-state index contributed by atoms with van der Waals surface area (Å²) >= 11 is 0. The van der Waals surface area contributed by atoms with Crippen LogP contribution in [0.5, 0.6) is 0 Å². The molecule has 22 heavy (non-hydrogen) atoms. The lowest BCUT2D eigenvalue weighted by atomic mass is 9.76. The van der Waals surface area contributed by atoms with Gasteiger partial charge < -0.3 is 9.84 Å². The highest BCUT2D eigenvalue weighted by Crippen LogP contribution is 2.62. The van der Waals surface area contributed by atoms with E-state index in [0.717, 1.165) is 13.0 Å². The van der Waals surface area contributed by atoms with Crippen LogP contribution in [0.15, 0.2) is 11.6 Å². The molecule has 3 heteroatoms. The van der Waals surface area contributed by atoms with Crippen LogP contribution in [0.3, 0.4) is 0 Å². The molecule has 0 radical (unpaired) electrons. The first kappa shape index (κ1) is 15.2. The summed E-state index contributed by atoms with van der Waals surface area (Å²) in [7, 11) is 0. The second kappa shape index (κ2) is 5.06. The Morgan fingerprint density at radius 2 is 2.05 bits per heavy atom. The lowest BCUT2D eigenvalue weighted by molar-refractivity contribution is -0.233. The average molecular weight is 305 g/mol. The van der Waals surface area contributed by atoms with Gasteiger partial charge in [0.2, 0.25) is 0 Å². The summed E-state index contributed by atoms with van der Waals surface area (Å²) in [6, 6.07) is 0. The maximum absolute atomic E-state index is 11.2. The van der Waals surface area contributed by atoms with E-state index in [-0.39, 0.29) is 11.5 Å². The predicted octanol–water partition coefficient (Wildman–Crippen LogP) is 3.19. The van der Waals surface area contributed by atoms with E-state index in [1.165, 1.54) is 44.3 Å². The van der Waals surface area contributed by atoms with Crippen molar-refractivity contribution in [2.45, 2.75) is 64.3 Å². The van der Waals surface area contributed by atoms with E-state index in [1.807, 2.05) is 0 Å². The highest BCUT2D eigenvalue weighted by molar-refractivity contribution is 5.30. The van der Waals surface area contributed by atoms with Crippen molar-refractivity contribution in [2.24, 2.45) is 23.7 Å². The van der Waals surface area contributed by atoms with Gasteiger partial charge in [-0.3, -0.25) is 4.90 Å². The summed E-state index contributed by atoms with van der Waals surface area (Å²) in [6.45, 7) is 10.3. The van der Waals surface area contributed by atoms with Crippen LogP contribution in [0.1, 0.15) is 52.9 Å². The molecule has 3 heterocycles. The number of rotatable bonds is 3. The molecule has 1 aliphatic carbocycles. The van der Waals surface area contributed by atoms with Gasteiger partial charge in [0.15, 0.2) is 5.79 Å². The molecule has 2 saturated heterocycles. The first-order valence-corrected chi connectivity index (χ1v) is 9.31. The van der Waals surface area contributed by atoms with Crippen molar-refractivity contribution in [1.29, 1.82) is 0 Å². The van der Waals surface area contributed by atoms with Gasteiger partial charge in [0.1, 0.15) is 0 Å². The van der Waals surface area contributed by atoms with Crippen LogP contribution in [0.4, 0.5) is 0 Å². The van der Waals surface area contributed by atoms with Gasteiger partial charge in [0.05, 0.1) is 5.60 Å². The third-order valence-electron chi connectivity index (χ3n) is 6.99. The normalized spacial score (nSPS) is 48.0.